The van der Waals surface area contributed by atoms with E-state index in [1.54, 1.807) is 31.2 Å². The summed E-state index contributed by atoms with van der Waals surface area (Å²) >= 11 is 0. The van der Waals surface area contributed by atoms with Gasteiger partial charge in [0.2, 0.25) is 0 Å². The Morgan fingerprint density at radius 1 is 1.00 bits per heavy atom. The van der Waals surface area contributed by atoms with Crippen LogP contribution in [0.3, 0.4) is 0 Å². The van der Waals surface area contributed by atoms with Gasteiger partial charge in [-0.05, 0) is 59.5 Å². The quantitative estimate of drug-likeness (QED) is 0.295. The number of nitroso groups, excluding NO2 is 1. The number of nitrogens with zero attached hydrogens (tertiary/aromatic N) is 1. The zero-order valence-corrected chi connectivity index (χ0v) is 17.7. The highest BCUT2D eigenvalue weighted by atomic mass is 19.4. The van der Waals surface area contributed by atoms with Crippen molar-refractivity contribution in [1.82, 2.24) is 0 Å². The first kappa shape index (κ1) is 23.7. The van der Waals surface area contributed by atoms with E-state index in [-0.39, 0.29) is 13.0 Å². The first-order valence-corrected chi connectivity index (χ1v) is 10.1. The first-order valence-electron chi connectivity index (χ1n) is 10.1. The molecule has 0 bridgehead atoms. The molecule has 168 valence electrons. The molecule has 3 aromatic rings. The van der Waals surface area contributed by atoms with Gasteiger partial charge in [-0.15, -0.1) is 10.8 Å². The molecule has 33 heavy (non-hydrogen) atoms. The molecule has 3 rings (SSSR count). The highest BCUT2D eigenvalue weighted by Crippen LogP contribution is 2.31. The molecule has 0 saturated carbocycles. The van der Waals surface area contributed by atoms with Crippen LogP contribution in [0.5, 0.6) is 5.75 Å². The van der Waals surface area contributed by atoms with Crippen LogP contribution < -0.4 is 4.74 Å². The van der Waals surface area contributed by atoms with Crippen molar-refractivity contribution in [2.75, 3.05) is 0 Å². The number of ether oxygens (including phenoxy) is 1. The molecular weight excluding hydrogens is 431 g/mol. The molecule has 0 radical (unpaired) electrons. The second-order valence-corrected chi connectivity index (χ2v) is 7.27. The number of hydrogen-bond donors (Lipinski definition) is 0. The lowest BCUT2D eigenvalue weighted by Crippen LogP contribution is -2.04. The maximum absolute atomic E-state index is 12.8. The summed E-state index contributed by atoms with van der Waals surface area (Å²) in [6, 6.07) is 19.5. The fraction of sp³-hybridized carbons (Fsp3) is 0.192. The molecule has 0 heterocycles. The van der Waals surface area contributed by atoms with E-state index in [1.165, 1.54) is 12.1 Å². The summed E-state index contributed by atoms with van der Waals surface area (Å²) in [6.07, 6.45) is -4.45. The largest absolute Gasteiger partial charge is 0.489 e. The van der Waals surface area contributed by atoms with E-state index < -0.39 is 23.6 Å². The lowest BCUT2D eigenvalue weighted by Gasteiger charge is -2.12. The fourth-order valence-corrected chi connectivity index (χ4v) is 3.29. The van der Waals surface area contributed by atoms with Gasteiger partial charge in [0.1, 0.15) is 12.4 Å². The van der Waals surface area contributed by atoms with Gasteiger partial charge in [-0.25, -0.2) is 0 Å². The molecule has 0 saturated heterocycles. The third kappa shape index (κ3) is 6.53. The number of rotatable bonds is 7. The highest BCUT2D eigenvalue weighted by molar-refractivity contribution is 5.78. The molecule has 1 amide bonds. The summed E-state index contributed by atoms with van der Waals surface area (Å²) in [6.45, 7) is 1.92. The number of hydrogen-bond acceptors (Lipinski definition) is 3. The predicted molar refractivity (Wildman–Crippen MR) is 119 cm³/mol. The number of halogens is 3. The lowest BCUT2D eigenvalue weighted by atomic mass is 9.96. The zero-order chi connectivity index (χ0) is 23.8. The van der Waals surface area contributed by atoms with Gasteiger partial charge in [0.15, 0.2) is 0 Å². The lowest BCUT2D eigenvalue weighted by molar-refractivity contribution is -0.137. The van der Waals surface area contributed by atoms with Crippen molar-refractivity contribution in [2.24, 2.45) is 5.18 Å². The summed E-state index contributed by atoms with van der Waals surface area (Å²) in [4.78, 5) is 21.8. The minimum atomic E-state index is -4.37. The van der Waals surface area contributed by atoms with E-state index in [9.17, 15) is 22.9 Å². The van der Waals surface area contributed by atoms with Crippen LogP contribution in [0, 0.1) is 16.7 Å². The van der Waals surface area contributed by atoms with Gasteiger partial charge >= 0.3 is 6.18 Å². The summed E-state index contributed by atoms with van der Waals surface area (Å²) < 4.78 is 44.1. The minimum absolute atomic E-state index is 0.0821. The number of carbonyl (C=O) groups excluding carboxylic acids is 1. The van der Waals surface area contributed by atoms with Gasteiger partial charge in [0.05, 0.1) is 17.9 Å². The van der Waals surface area contributed by atoms with Gasteiger partial charge in [0.25, 0.3) is 5.91 Å². The smallest absolute Gasteiger partial charge is 0.416 e. The maximum Gasteiger partial charge on any atom is 0.416 e. The average molecular weight is 451 g/mol. The Bertz CT molecular complexity index is 1170. The Hall–Kier alpha value is -3.92. The van der Waals surface area contributed by atoms with Crippen LogP contribution in [-0.4, -0.2) is 5.91 Å². The standard InChI is InChI=1S/C26H20F3NO3/c1-2-4-21(16-25(31)30-32)20-9-13-24(14-10-20)33-17-18-5-3-6-22(15-18)19-7-11-23(12-8-19)26(27,28)29/h3,5-15,21H,16-17H2,1H3/t21-/m0/s1. The van der Waals surface area contributed by atoms with E-state index >= 15 is 0 Å². The molecular formula is C26H20F3NO3. The minimum Gasteiger partial charge on any atom is -0.489 e. The van der Waals surface area contributed by atoms with Crippen LogP contribution >= 0.6 is 0 Å². The molecule has 7 heteroatoms. The summed E-state index contributed by atoms with van der Waals surface area (Å²) in [5, 5.41) is 2.43. The predicted octanol–water partition coefficient (Wildman–Crippen LogP) is 6.74. The maximum atomic E-state index is 12.8. The van der Waals surface area contributed by atoms with Crippen LogP contribution in [0.4, 0.5) is 13.2 Å². The first-order chi connectivity index (χ1) is 15.8. The molecule has 0 aliphatic carbocycles. The van der Waals surface area contributed by atoms with Crippen LogP contribution in [0.2, 0.25) is 0 Å². The fourth-order valence-electron chi connectivity index (χ4n) is 3.29. The molecule has 0 unspecified atom stereocenters. The van der Waals surface area contributed by atoms with Crippen LogP contribution in [-0.2, 0) is 17.6 Å². The van der Waals surface area contributed by atoms with Gasteiger partial charge in [-0.3, -0.25) is 4.79 Å². The Balaban J connectivity index is 1.67. The van der Waals surface area contributed by atoms with Crippen molar-refractivity contribution in [3.8, 4) is 28.7 Å². The van der Waals surface area contributed by atoms with Crippen LogP contribution in [0.1, 0.15) is 36.0 Å². The second kappa shape index (κ2) is 10.6. The Labute approximate surface area is 189 Å². The summed E-state index contributed by atoms with van der Waals surface area (Å²) in [7, 11) is 0. The monoisotopic (exact) mass is 451 g/mol. The molecule has 1 atom stereocenters. The Morgan fingerprint density at radius 3 is 2.30 bits per heavy atom. The van der Waals surface area contributed by atoms with Crippen molar-refractivity contribution in [2.45, 2.75) is 32.0 Å². The van der Waals surface area contributed by atoms with Crippen molar-refractivity contribution >= 4 is 5.91 Å². The molecule has 0 spiro atoms. The third-order valence-corrected chi connectivity index (χ3v) is 4.96. The third-order valence-electron chi connectivity index (χ3n) is 4.96. The SMILES string of the molecule is CC#C[C@@H](CC(=O)N=O)c1ccc(OCc2cccc(-c3ccc(C(F)(F)F)cc3)c2)cc1. The number of carbonyl (C=O) groups is 1. The van der Waals surface area contributed by atoms with Crippen molar-refractivity contribution < 1.29 is 22.7 Å². The second-order valence-electron chi connectivity index (χ2n) is 7.27. The normalized spacial score (nSPS) is 11.8. The van der Waals surface area contributed by atoms with Crippen molar-refractivity contribution in [3.63, 3.8) is 0 Å². The molecule has 0 fully saturated rings. The van der Waals surface area contributed by atoms with E-state index in [2.05, 4.69) is 17.0 Å². The van der Waals surface area contributed by atoms with E-state index in [0.29, 0.717) is 11.3 Å². The summed E-state index contributed by atoms with van der Waals surface area (Å²) in [5.74, 6) is 5.08. The Kier molecular flexibility index (Phi) is 7.62. The van der Waals surface area contributed by atoms with Crippen LogP contribution in [0.15, 0.2) is 78.0 Å². The number of amides is 1. The molecule has 3 aromatic carbocycles. The summed E-state index contributed by atoms with van der Waals surface area (Å²) in [5.41, 5.74) is 2.41. The van der Waals surface area contributed by atoms with Crippen molar-refractivity contribution in [3.05, 3.63) is 94.4 Å². The van der Waals surface area contributed by atoms with E-state index in [4.69, 9.17) is 4.74 Å². The Morgan fingerprint density at radius 2 is 1.70 bits per heavy atom. The van der Waals surface area contributed by atoms with Gasteiger partial charge < -0.3 is 4.74 Å². The molecule has 0 aliphatic rings. The molecule has 0 aliphatic heterocycles. The van der Waals surface area contributed by atoms with Gasteiger partial charge in [0, 0.05) is 5.18 Å². The van der Waals surface area contributed by atoms with Gasteiger partial charge in [-0.1, -0.05) is 48.4 Å². The highest BCUT2D eigenvalue weighted by Gasteiger charge is 2.29. The van der Waals surface area contributed by atoms with Crippen molar-refractivity contribution in [1.29, 1.82) is 0 Å². The number of benzene rings is 3. The van der Waals surface area contributed by atoms with E-state index in [0.717, 1.165) is 28.8 Å². The topological polar surface area (TPSA) is 55.7 Å². The van der Waals surface area contributed by atoms with Gasteiger partial charge in [-0.2, -0.15) is 13.2 Å². The molecule has 4 nitrogen and oxygen atoms in total. The molecule has 0 N–H and O–H groups in total. The average Bonchev–Trinajstić information content (AvgIpc) is 2.82. The number of alkyl halides is 3. The van der Waals surface area contributed by atoms with Crippen LogP contribution in [0.25, 0.3) is 11.1 Å². The van der Waals surface area contributed by atoms with E-state index in [1.807, 2.05) is 24.3 Å². The zero-order valence-electron chi connectivity index (χ0n) is 17.7. The molecule has 0 aromatic heterocycles.